The van der Waals surface area contributed by atoms with Gasteiger partial charge in [-0.1, -0.05) is 11.8 Å². The van der Waals surface area contributed by atoms with Gasteiger partial charge in [0, 0.05) is 17.6 Å². The van der Waals surface area contributed by atoms with Crippen molar-refractivity contribution in [3.63, 3.8) is 0 Å². The lowest BCUT2D eigenvalue weighted by Crippen LogP contribution is -2.14. The number of aromatic nitrogens is 3. The van der Waals surface area contributed by atoms with Crippen LogP contribution in [-0.2, 0) is 0 Å². The molecule has 0 amide bonds. The zero-order valence-electron chi connectivity index (χ0n) is 11.7. The van der Waals surface area contributed by atoms with Crippen molar-refractivity contribution in [2.45, 2.75) is 31.5 Å². The molecule has 110 valence electrons. The molecule has 0 aliphatic rings. The van der Waals surface area contributed by atoms with Crippen molar-refractivity contribution >= 4 is 28.5 Å². The third-order valence-electron chi connectivity index (χ3n) is 2.68. The second kappa shape index (κ2) is 6.18. The van der Waals surface area contributed by atoms with Crippen molar-refractivity contribution < 1.29 is 8.78 Å². The summed E-state index contributed by atoms with van der Waals surface area (Å²) in [7, 11) is 0. The van der Waals surface area contributed by atoms with Crippen molar-refractivity contribution in [3.05, 3.63) is 17.5 Å². The molecular weight excluding hydrogens is 296 g/mol. The van der Waals surface area contributed by atoms with Crippen LogP contribution in [0.5, 0.6) is 0 Å². The minimum absolute atomic E-state index is 0.00754. The molecule has 1 N–H and O–H groups in total. The zero-order chi connectivity index (χ0) is 15.6. The standard InChI is InChI=1S/C13H13F2N5S/c1-6(2)18-12-10-8(5-17-13(20-10)21-3)7(4-16)9(19-12)11(14)15/h5-6,11H,1-3H3,(H,18,19). The van der Waals surface area contributed by atoms with Crippen molar-refractivity contribution in [3.8, 4) is 6.07 Å². The van der Waals surface area contributed by atoms with Gasteiger partial charge in [-0.2, -0.15) is 5.26 Å². The first-order valence-electron chi connectivity index (χ1n) is 6.17. The number of alkyl halides is 2. The van der Waals surface area contributed by atoms with E-state index in [-0.39, 0.29) is 22.8 Å². The van der Waals surface area contributed by atoms with Crippen molar-refractivity contribution in [1.82, 2.24) is 15.0 Å². The number of hydrogen-bond donors (Lipinski definition) is 1. The van der Waals surface area contributed by atoms with Gasteiger partial charge in [-0.15, -0.1) is 0 Å². The summed E-state index contributed by atoms with van der Waals surface area (Å²) in [6, 6.07) is 1.77. The molecule has 0 saturated heterocycles. The maximum Gasteiger partial charge on any atom is 0.281 e. The Morgan fingerprint density at radius 3 is 2.57 bits per heavy atom. The van der Waals surface area contributed by atoms with Crippen LogP contribution in [0.3, 0.4) is 0 Å². The van der Waals surface area contributed by atoms with Crippen LogP contribution in [0.2, 0.25) is 0 Å². The molecule has 0 atom stereocenters. The lowest BCUT2D eigenvalue weighted by atomic mass is 10.1. The molecule has 2 aromatic heterocycles. The maximum absolute atomic E-state index is 13.1. The van der Waals surface area contributed by atoms with E-state index in [1.807, 2.05) is 20.1 Å². The summed E-state index contributed by atoms with van der Waals surface area (Å²) < 4.78 is 26.2. The fourth-order valence-corrected chi connectivity index (χ4v) is 2.18. The monoisotopic (exact) mass is 309 g/mol. The lowest BCUT2D eigenvalue weighted by molar-refractivity contribution is 0.146. The van der Waals surface area contributed by atoms with Gasteiger partial charge in [0.25, 0.3) is 6.43 Å². The van der Waals surface area contributed by atoms with Gasteiger partial charge in [0.1, 0.15) is 17.3 Å². The van der Waals surface area contributed by atoms with Crippen molar-refractivity contribution in [1.29, 1.82) is 5.26 Å². The number of nitrogens with one attached hydrogen (secondary N) is 1. The lowest BCUT2D eigenvalue weighted by Gasteiger charge is -2.14. The number of hydrogen-bond acceptors (Lipinski definition) is 6. The molecule has 0 spiro atoms. The van der Waals surface area contributed by atoms with Crippen LogP contribution in [-0.4, -0.2) is 27.2 Å². The average Bonchev–Trinajstić information content (AvgIpc) is 2.45. The summed E-state index contributed by atoms with van der Waals surface area (Å²) in [6.45, 7) is 3.73. The Hall–Kier alpha value is -2.01. The molecular formula is C13H13F2N5S. The van der Waals surface area contributed by atoms with Gasteiger partial charge < -0.3 is 5.32 Å². The Kier molecular flexibility index (Phi) is 4.53. The smallest absolute Gasteiger partial charge is 0.281 e. The number of thioether (sulfide) groups is 1. The molecule has 0 aromatic carbocycles. The van der Waals surface area contributed by atoms with Gasteiger partial charge >= 0.3 is 0 Å². The minimum Gasteiger partial charge on any atom is -0.366 e. The van der Waals surface area contributed by atoms with Crippen LogP contribution in [0.25, 0.3) is 10.9 Å². The Labute approximate surface area is 124 Å². The number of pyridine rings is 1. The highest BCUT2D eigenvalue weighted by molar-refractivity contribution is 7.98. The summed E-state index contributed by atoms with van der Waals surface area (Å²) >= 11 is 1.33. The van der Waals surface area contributed by atoms with Crippen LogP contribution in [0.1, 0.15) is 31.5 Å². The fourth-order valence-electron chi connectivity index (χ4n) is 1.84. The normalized spacial score (nSPS) is 11.1. The fraction of sp³-hybridized carbons (Fsp3) is 0.385. The predicted octanol–water partition coefficient (Wildman–Crippen LogP) is 3.38. The van der Waals surface area contributed by atoms with Crippen LogP contribution < -0.4 is 5.32 Å². The Morgan fingerprint density at radius 2 is 2.05 bits per heavy atom. The molecule has 2 aromatic rings. The molecule has 0 unspecified atom stereocenters. The molecule has 0 radical (unpaired) electrons. The first-order chi connectivity index (χ1) is 9.97. The molecule has 2 heterocycles. The van der Waals surface area contributed by atoms with Gasteiger partial charge in [0.15, 0.2) is 11.0 Å². The van der Waals surface area contributed by atoms with E-state index in [2.05, 4.69) is 20.3 Å². The second-order valence-corrected chi connectivity index (χ2v) is 5.32. The van der Waals surface area contributed by atoms with Crippen LogP contribution in [0, 0.1) is 11.3 Å². The quantitative estimate of drug-likeness (QED) is 0.689. The maximum atomic E-state index is 13.1. The third kappa shape index (κ3) is 3.03. The van der Waals surface area contributed by atoms with E-state index >= 15 is 0 Å². The number of anilines is 1. The number of nitrogens with zero attached hydrogens (tertiary/aromatic N) is 4. The average molecular weight is 309 g/mol. The predicted molar refractivity (Wildman–Crippen MR) is 77.5 cm³/mol. The van der Waals surface area contributed by atoms with Gasteiger partial charge in [0.05, 0.1) is 5.56 Å². The SMILES string of the molecule is CSc1ncc2c(C#N)c(C(F)F)nc(NC(C)C)c2n1. The number of rotatable bonds is 4. The highest BCUT2D eigenvalue weighted by atomic mass is 32.2. The van der Waals surface area contributed by atoms with Crippen molar-refractivity contribution in [2.75, 3.05) is 11.6 Å². The third-order valence-corrected chi connectivity index (χ3v) is 3.24. The highest BCUT2D eigenvalue weighted by Gasteiger charge is 2.22. The molecule has 0 fully saturated rings. The number of halogens is 2. The number of nitriles is 1. The van der Waals surface area contributed by atoms with E-state index < -0.39 is 12.1 Å². The molecule has 0 bridgehead atoms. The van der Waals surface area contributed by atoms with E-state index in [1.165, 1.54) is 18.0 Å². The summed E-state index contributed by atoms with van der Waals surface area (Å²) in [5.41, 5.74) is -0.348. The Balaban J connectivity index is 2.82. The second-order valence-electron chi connectivity index (χ2n) is 4.55. The number of fused-ring (bicyclic) bond motifs is 1. The largest absolute Gasteiger partial charge is 0.366 e. The van der Waals surface area contributed by atoms with Crippen LogP contribution in [0.4, 0.5) is 14.6 Å². The first-order valence-corrected chi connectivity index (χ1v) is 7.39. The van der Waals surface area contributed by atoms with E-state index in [1.54, 1.807) is 6.07 Å². The molecule has 0 saturated carbocycles. The van der Waals surface area contributed by atoms with Gasteiger partial charge in [-0.05, 0) is 20.1 Å². The molecule has 21 heavy (non-hydrogen) atoms. The van der Waals surface area contributed by atoms with Crippen LogP contribution in [0.15, 0.2) is 11.4 Å². The van der Waals surface area contributed by atoms with E-state index in [0.29, 0.717) is 10.7 Å². The highest BCUT2D eigenvalue weighted by Crippen LogP contribution is 2.31. The molecule has 0 aliphatic heterocycles. The molecule has 0 aliphatic carbocycles. The van der Waals surface area contributed by atoms with Gasteiger partial charge in [-0.25, -0.2) is 23.7 Å². The molecule has 8 heteroatoms. The van der Waals surface area contributed by atoms with Crippen LogP contribution >= 0.6 is 11.8 Å². The van der Waals surface area contributed by atoms with Gasteiger partial charge in [0.2, 0.25) is 0 Å². The molecule has 5 nitrogen and oxygen atoms in total. The molecule has 2 rings (SSSR count). The Bertz CT molecular complexity index is 712. The van der Waals surface area contributed by atoms with E-state index in [9.17, 15) is 8.78 Å². The minimum atomic E-state index is -2.84. The summed E-state index contributed by atoms with van der Waals surface area (Å²) in [5, 5.41) is 12.9. The van der Waals surface area contributed by atoms with E-state index in [4.69, 9.17) is 5.26 Å². The van der Waals surface area contributed by atoms with E-state index in [0.717, 1.165) is 0 Å². The van der Waals surface area contributed by atoms with Gasteiger partial charge in [-0.3, -0.25) is 0 Å². The summed E-state index contributed by atoms with van der Waals surface area (Å²) in [5.74, 6) is 0.243. The Morgan fingerprint density at radius 1 is 1.33 bits per heavy atom. The van der Waals surface area contributed by atoms with Crippen molar-refractivity contribution in [2.24, 2.45) is 0 Å². The topological polar surface area (TPSA) is 74.5 Å². The zero-order valence-corrected chi connectivity index (χ0v) is 12.5. The first kappa shape index (κ1) is 15.4. The summed E-state index contributed by atoms with van der Waals surface area (Å²) in [6.07, 6.45) is 0.367. The summed E-state index contributed by atoms with van der Waals surface area (Å²) in [4.78, 5) is 12.2.